The van der Waals surface area contributed by atoms with Gasteiger partial charge in [-0.3, -0.25) is 4.79 Å². The molecule has 0 unspecified atom stereocenters. The SMILES string of the molecule is Cc1ccc(N2CCOc3c(C(=O)NC4CCC(COC(C)C)CC4)cccc32)nc1. The quantitative estimate of drug-likeness (QED) is 0.734. The van der Waals surface area contributed by atoms with Crippen molar-refractivity contribution >= 4 is 17.4 Å². The van der Waals surface area contributed by atoms with Crippen LogP contribution in [0.15, 0.2) is 36.5 Å². The molecule has 1 aromatic carbocycles. The first-order chi connectivity index (χ1) is 15.0. The molecule has 1 aliphatic carbocycles. The van der Waals surface area contributed by atoms with Crippen LogP contribution < -0.4 is 15.0 Å². The van der Waals surface area contributed by atoms with Crippen LogP contribution in [0.5, 0.6) is 5.75 Å². The fraction of sp³-hybridized carbons (Fsp3) is 0.520. The number of hydrogen-bond acceptors (Lipinski definition) is 5. The second kappa shape index (κ2) is 9.69. The molecule has 1 N–H and O–H groups in total. The van der Waals surface area contributed by atoms with E-state index in [9.17, 15) is 4.79 Å². The summed E-state index contributed by atoms with van der Waals surface area (Å²) in [5, 5.41) is 3.24. The van der Waals surface area contributed by atoms with Gasteiger partial charge in [0, 0.05) is 18.8 Å². The van der Waals surface area contributed by atoms with Gasteiger partial charge in [0.05, 0.1) is 23.9 Å². The molecule has 2 aliphatic rings. The number of rotatable bonds is 6. The summed E-state index contributed by atoms with van der Waals surface area (Å²) >= 11 is 0. The molecular weight excluding hydrogens is 390 g/mol. The Morgan fingerprint density at radius 2 is 2.03 bits per heavy atom. The van der Waals surface area contributed by atoms with E-state index in [1.807, 2.05) is 37.4 Å². The van der Waals surface area contributed by atoms with Crippen LogP contribution in [0.2, 0.25) is 0 Å². The van der Waals surface area contributed by atoms with Crippen molar-refractivity contribution in [1.29, 1.82) is 0 Å². The van der Waals surface area contributed by atoms with E-state index >= 15 is 0 Å². The zero-order valence-electron chi connectivity index (χ0n) is 18.8. The van der Waals surface area contributed by atoms with E-state index in [4.69, 9.17) is 9.47 Å². The van der Waals surface area contributed by atoms with Crippen LogP contribution in [0.1, 0.15) is 55.5 Å². The number of nitrogens with one attached hydrogen (secondary N) is 1. The van der Waals surface area contributed by atoms with Gasteiger partial charge in [0.2, 0.25) is 0 Å². The van der Waals surface area contributed by atoms with Crippen molar-refractivity contribution in [2.24, 2.45) is 5.92 Å². The van der Waals surface area contributed by atoms with Gasteiger partial charge in [-0.05, 0) is 76.1 Å². The zero-order valence-corrected chi connectivity index (χ0v) is 18.8. The third-order valence-corrected chi connectivity index (χ3v) is 6.11. The minimum absolute atomic E-state index is 0.0579. The van der Waals surface area contributed by atoms with Crippen LogP contribution in [-0.4, -0.2) is 42.8 Å². The van der Waals surface area contributed by atoms with Crippen LogP contribution in [0.3, 0.4) is 0 Å². The number of carbonyl (C=O) groups excluding carboxylic acids is 1. The predicted octanol–water partition coefficient (Wildman–Crippen LogP) is 4.63. The molecule has 2 aromatic rings. The molecule has 1 aromatic heterocycles. The Bertz CT molecular complexity index is 889. The summed E-state index contributed by atoms with van der Waals surface area (Å²) < 4.78 is 11.7. The average Bonchev–Trinajstić information content (AvgIpc) is 2.78. The zero-order chi connectivity index (χ0) is 21.8. The summed E-state index contributed by atoms with van der Waals surface area (Å²) in [6.07, 6.45) is 6.31. The predicted molar refractivity (Wildman–Crippen MR) is 122 cm³/mol. The molecule has 0 radical (unpaired) electrons. The van der Waals surface area contributed by atoms with Crippen molar-refractivity contribution in [3.63, 3.8) is 0 Å². The number of hydrogen-bond donors (Lipinski definition) is 1. The molecule has 0 saturated heterocycles. The van der Waals surface area contributed by atoms with Crippen LogP contribution in [0, 0.1) is 12.8 Å². The normalized spacial score (nSPS) is 20.8. The third-order valence-electron chi connectivity index (χ3n) is 6.11. The second-order valence-electron chi connectivity index (χ2n) is 8.92. The first-order valence-corrected chi connectivity index (χ1v) is 11.4. The van der Waals surface area contributed by atoms with Gasteiger partial charge < -0.3 is 19.7 Å². The number of amides is 1. The molecule has 0 bridgehead atoms. The number of ether oxygens (including phenoxy) is 2. The highest BCUT2D eigenvalue weighted by molar-refractivity contribution is 5.99. The molecule has 6 heteroatoms. The van der Waals surface area contributed by atoms with E-state index in [0.29, 0.717) is 30.4 Å². The second-order valence-corrected chi connectivity index (χ2v) is 8.92. The summed E-state index contributed by atoms with van der Waals surface area (Å²) in [5.41, 5.74) is 2.61. The Hall–Kier alpha value is -2.60. The first-order valence-electron chi connectivity index (χ1n) is 11.4. The molecule has 1 saturated carbocycles. The third kappa shape index (κ3) is 5.18. The first kappa shape index (κ1) is 21.6. The number of aryl methyl sites for hydroxylation is 1. The smallest absolute Gasteiger partial charge is 0.255 e. The van der Waals surface area contributed by atoms with E-state index in [1.165, 1.54) is 0 Å². The number of fused-ring (bicyclic) bond motifs is 1. The van der Waals surface area contributed by atoms with Crippen molar-refractivity contribution in [2.45, 2.75) is 58.6 Å². The Morgan fingerprint density at radius 3 is 2.74 bits per heavy atom. The summed E-state index contributed by atoms with van der Waals surface area (Å²) in [7, 11) is 0. The van der Waals surface area contributed by atoms with Crippen molar-refractivity contribution in [2.75, 3.05) is 24.7 Å². The van der Waals surface area contributed by atoms with E-state index in [2.05, 4.69) is 35.1 Å². The Kier molecular flexibility index (Phi) is 6.76. The largest absolute Gasteiger partial charge is 0.489 e. The lowest BCUT2D eigenvalue weighted by Gasteiger charge is -2.32. The molecule has 166 valence electrons. The Labute approximate surface area is 185 Å². The number of pyridine rings is 1. The lowest BCUT2D eigenvalue weighted by atomic mass is 9.86. The number of carbonyl (C=O) groups is 1. The maximum atomic E-state index is 13.1. The van der Waals surface area contributed by atoms with Crippen LogP contribution in [0.4, 0.5) is 11.5 Å². The molecule has 6 nitrogen and oxygen atoms in total. The van der Waals surface area contributed by atoms with Crippen molar-refractivity contribution in [3.05, 3.63) is 47.7 Å². The highest BCUT2D eigenvalue weighted by Crippen LogP contribution is 2.38. The van der Waals surface area contributed by atoms with Crippen LogP contribution >= 0.6 is 0 Å². The monoisotopic (exact) mass is 423 g/mol. The maximum Gasteiger partial charge on any atom is 0.255 e. The van der Waals surface area contributed by atoms with E-state index < -0.39 is 0 Å². The summed E-state index contributed by atoms with van der Waals surface area (Å²) in [5.74, 6) is 2.05. The number of anilines is 2. The lowest BCUT2D eigenvalue weighted by Crippen LogP contribution is -2.39. The van der Waals surface area contributed by atoms with Crippen LogP contribution in [-0.2, 0) is 4.74 Å². The van der Waals surface area contributed by atoms with Gasteiger partial charge in [-0.15, -0.1) is 0 Å². The number of benzene rings is 1. The topological polar surface area (TPSA) is 63.7 Å². The average molecular weight is 424 g/mol. The molecule has 0 spiro atoms. The maximum absolute atomic E-state index is 13.1. The summed E-state index contributed by atoms with van der Waals surface area (Å²) in [6.45, 7) is 8.22. The summed E-state index contributed by atoms with van der Waals surface area (Å²) in [6, 6.07) is 10.0. The van der Waals surface area contributed by atoms with Gasteiger partial charge in [-0.2, -0.15) is 0 Å². The fourth-order valence-corrected chi connectivity index (χ4v) is 4.35. The van der Waals surface area contributed by atoms with E-state index in [1.54, 1.807) is 0 Å². The van der Waals surface area contributed by atoms with Crippen LogP contribution in [0.25, 0.3) is 0 Å². The van der Waals surface area contributed by atoms with Crippen molar-refractivity contribution in [1.82, 2.24) is 10.3 Å². The highest BCUT2D eigenvalue weighted by atomic mass is 16.5. The lowest BCUT2D eigenvalue weighted by molar-refractivity contribution is 0.0385. The molecule has 31 heavy (non-hydrogen) atoms. The molecule has 2 heterocycles. The number of aromatic nitrogens is 1. The molecule has 1 fully saturated rings. The summed E-state index contributed by atoms with van der Waals surface area (Å²) in [4.78, 5) is 19.8. The van der Waals surface area contributed by atoms with Gasteiger partial charge in [0.15, 0.2) is 5.75 Å². The number of para-hydroxylation sites is 1. The van der Waals surface area contributed by atoms with Gasteiger partial charge in [-0.1, -0.05) is 12.1 Å². The molecule has 1 aliphatic heterocycles. The van der Waals surface area contributed by atoms with Crippen molar-refractivity contribution < 1.29 is 14.3 Å². The molecule has 1 amide bonds. The minimum Gasteiger partial charge on any atom is -0.489 e. The van der Waals surface area contributed by atoms with Gasteiger partial charge in [0.25, 0.3) is 5.91 Å². The molecule has 0 atom stereocenters. The van der Waals surface area contributed by atoms with Gasteiger partial charge >= 0.3 is 0 Å². The number of nitrogens with zero attached hydrogens (tertiary/aromatic N) is 2. The van der Waals surface area contributed by atoms with E-state index in [0.717, 1.165) is 49.4 Å². The van der Waals surface area contributed by atoms with Crippen molar-refractivity contribution in [3.8, 4) is 5.75 Å². The Morgan fingerprint density at radius 1 is 1.23 bits per heavy atom. The minimum atomic E-state index is -0.0579. The molecular formula is C25H33N3O3. The highest BCUT2D eigenvalue weighted by Gasteiger charge is 2.28. The standard InChI is InChI=1S/C25H33N3O3/c1-17(2)31-16-19-8-10-20(11-9-19)27-25(29)21-5-4-6-22-24(21)30-14-13-28(22)23-12-7-18(3)15-26-23/h4-7,12,15,17,19-20H,8-11,13-14,16H2,1-3H3,(H,27,29). The van der Waals surface area contributed by atoms with Gasteiger partial charge in [0.1, 0.15) is 12.4 Å². The molecule has 4 rings (SSSR count). The fourth-order valence-electron chi connectivity index (χ4n) is 4.35. The Balaban J connectivity index is 1.43. The van der Waals surface area contributed by atoms with Gasteiger partial charge in [-0.25, -0.2) is 4.98 Å². The van der Waals surface area contributed by atoms with E-state index in [-0.39, 0.29) is 18.1 Å².